The number of allylic oxidation sites excluding steroid dienone is 1. The largest absolute Gasteiger partial charge is 0.504 e. The molecule has 0 bridgehead atoms. The normalized spacial score (nSPS) is 12.3. The van der Waals surface area contributed by atoms with E-state index in [1.165, 1.54) is 18.3 Å². The fourth-order valence-electron chi connectivity index (χ4n) is 1.34. The minimum Gasteiger partial charge on any atom is -0.504 e. The maximum Gasteiger partial charge on any atom is 0.294 e. The third-order valence-electron chi connectivity index (χ3n) is 2.45. The van der Waals surface area contributed by atoms with Crippen LogP contribution in [0.1, 0.15) is 18.9 Å². The van der Waals surface area contributed by atoms with Gasteiger partial charge in [-0.3, -0.25) is 4.99 Å². The number of nitrogens with zero attached hydrogens (tertiary/aromatic N) is 2. The monoisotopic (exact) mass is 314 g/mol. The molecule has 0 fully saturated rings. The summed E-state index contributed by atoms with van der Waals surface area (Å²) in [5.41, 5.74) is 0.863. The summed E-state index contributed by atoms with van der Waals surface area (Å²) in [5.74, 6) is -1.54. The van der Waals surface area contributed by atoms with Crippen molar-refractivity contribution in [3.05, 3.63) is 38.4 Å². The van der Waals surface area contributed by atoms with Crippen LogP contribution in [0.4, 0.5) is 0 Å². The van der Waals surface area contributed by atoms with E-state index >= 15 is 0 Å². The fraction of sp³-hybridized carbons (Fsp3) is 0.250. The van der Waals surface area contributed by atoms with Crippen molar-refractivity contribution in [1.29, 1.82) is 0 Å². The van der Waals surface area contributed by atoms with Crippen LogP contribution in [-0.2, 0) is 4.84 Å². The Morgan fingerprint density at radius 2 is 2.00 bits per heavy atom. The van der Waals surface area contributed by atoms with Crippen LogP contribution in [0.25, 0.3) is 0 Å². The molecule has 21 heavy (non-hydrogen) atoms. The fourth-order valence-corrected chi connectivity index (χ4v) is 1.49. The molecule has 0 atom stereocenters. The van der Waals surface area contributed by atoms with Gasteiger partial charge in [0.1, 0.15) is 6.61 Å². The van der Waals surface area contributed by atoms with Gasteiger partial charge in [-0.15, -0.1) is 22.7 Å². The summed E-state index contributed by atoms with van der Waals surface area (Å²) in [4.78, 5) is 18.7. The molecule has 1 aromatic carbocycles. The maximum atomic E-state index is 10.00. The summed E-state index contributed by atoms with van der Waals surface area (Å²) in [6.07, 6.45) is 1.57. The molecule has 0 aromatic heterocycles. The molecule has 0 amide bonds. The molecule has 1 aromatic rings. The number of phenols is 3. The topological polar surface area (TPSA) is 125 Å². The second-order valence-electron chi connectivity index (χ2n) is 4.00. The molecule has 1 rings (SSSR count). The van der Waals surface area contributed by atoms with E-state index in [1.807, 2.05) is 0 Å². The van der Waals surface area contributed by atoms with Crippen molar-refractivity contribution < 1.29 is 25.2 Å². The molecule has 0 aliphatic rings. The van der Waals surface area contributed by atoms with Crippen molar-refractivity contribution in [2.24, 2.45) is 4.99 Å². The zero-order valence-electron chi connectivity index (χ0n) is 11.1. The molecule has 0 spiro atoms. The molecule has 0 aliphatic heterocycles. The van der Waals surface area contributed by atoms with Crippen molar-refractivity contribution in [3.8, 4) is 17.2 Å². The summed E-state index contributed by atoms with van der Waals surface area (Å²) >= 11 is 4.16. The van der Waals surface area contributed by atoms with Gasteiger partial charge >= 0.3 is 0 Å². The first kappa shape index (κ1) is 16.6. The van der Waals surface area contributed by atoms with Gasteiger partial charge in [-0.05, 0) is 19.1 Å². The average molecular weight is 314 g/mol. The molecule has 0 radical (unpaired) electrons. The molecule has 8 nitrogen and oxygen atoms in total. The Morgan fingerprint density at radius 3 is 2.52 bits per heavy atom. The first-order chi connectivity index (χ1) is 9.81. The molecule has 0 aliphatic carbocycles. The van der Waals surface area contributed by atoms with Gasteiger partial charge in [0.05, 0.1) is 0 Å². The van der Waals surface area contributed by atoms with Gasteiger partial charge in [-0.1, -0.05) is 0 Å². The van der Waals surface area contributed by atoms with E-state index in [0.717, 1.165) is 0 Å². The van der Waals surface area contributed by atoms with Crippen LogP contribution in [0.3, 0.4) is 0 Å². The number of phenolic OH excluding ortho intramolecular Hbond substituents is 3. The molecule has 0 saturated heterocycles. The highest BCUT2D eigenvalue weighted by Gasteiger charge is 2.07. The zero-order chi connectivity index (χ0) is 16.0. The molecule has 3 N–H and O–H groups in total. The summed E-state index contributed by atoms with van der Waals surface area (Å²) in [6, 6.07) is 2.44. The zero-order valence-corrected chi connectivity index (χ0v) is 11.9. The Kier molecular flexibility index (Phi) is 5.85. The Labute approximate surface area is 125 Å². The number of aliphatic imine (C=N–C) groups is 1. The van der Waals surface area contributed by atoms with E-state index in [4.69, 9.17) is 0 Å². The lowest BCUT2D eigenvalue weighted by Gasteiger charge is -2.03. The molecule has 0 unspecified atom stereocenters. The predicted molar refractivity (Wildman–Crippen MR) is 78.3 cm³/mol. The third kappa shape index (κ3) is 5.22. The Hall–Kier alpha value is -2.42. The minimum atomic E-state index is -0.887. The van der Waals surface area contributed by atoms with Crippen molar-refractivity contribution in [2.45, 2.75) is 13.3 Å². The first-order valence-corrected chi connectivity index (χ1v) is 6.21. The van der Waals surface area contributed by atoms with Crippen molar-refractivity contribution >= 4 is 18.8 Å². The highest BCUT2D eigenvalue weighted by atomic mass is 32.1. The number of hydrogen-bond acceptors (Lipinski definition) is 8. The van der Waals surface area contributed by atoms with Crippen LogP contribution in [0.5, 0.6) is 17.2 Å². The molecular weight excluding hydrogens is 300 g/mol. The van der Waals surface area contributed by atoms with E-state index in [9.17, 15) is 25.4 Å². The van der Waals surface area contributed by atoms with Gasteiger partial charge in [0, 0.05) is 28.8 Å². The quantitative estimate of drug-likeness (QED) is 0.209. The maximum absolute atomic E-state index is 10.00. The molecule has 0 saturated carbocycles. The number of rotatable bonds is 6. The van der Waals surface area contributed by atoms with Gasteiger partial charge in [0.2, 0.25) is 0 Å². The first-order valence-electron chi connectivity index (χ1n) is 5.76. The van der Waals surface area contributed by atoms with Crippen LogP contribution in [-0.4, -0.2) is 33.2 Å². The van der Waals surface area contributed by atoms with E-state index in [1.54, 1.807) is 6.92 Å². The van der Waals surface area contributed by atoms with Crippen molar-refractivity contribution in [1.82, 2.24) is 0 Å². The van der Waals surface area contributed by atoms with Gasteiger partial charge in [-0.25, -0.2) is 0 Å². The SMILES string of the molecule is C/C(N=Cc1cc(O)c(O)c(O)c1)=C(/S)CCO[N+](=O)[O-]. The van der Waals surface area contributed by atoms with Crippen molar-refractivity contribution in [3.63, 3.8) is 0 Å². The lowest BCUT2D eigenvalue weighted by molar-refractivity contribution is -0.757. The van der Waals surface area contributed by atoms with Crippen LogP contribution < -0.4 is 0 Å². The third-order valence-corrected chi connectivity index (χ3v) is 3.00. The minimum absolute atomic E-state index is 0.126. The van der Waals surface area contributed by atoms with E-state index in [0.29, 0.717) is 16.2 Å². The second kappa shape index (κ2) is 7.39. The predicted octanol–water partition coefficient (Wildman–Crippen LogP) is 1.98. The van der Waals surface area contributed by atoms with Crippen LogP contribution in [0, 0.1) is 10.1 Å². The Bertz CT molecular complexity index is 576. The lowest BCUT2D eigenvalue weighted by Crippen LogP contribution is -2.02. The molecule has 9 heteroatoms. The summed E-state index contributed by atoms with van der Waals surface area (Å²) in [6.45, 7) is 1.52. The van der Waals surface area contributed by atoms with Gasteiger partial charge in [-0.2, -0.15) is 0 Å². The average Bonchev–Trinajstić information content (AvgIpc) is 2.41. The number of thiol groups is 1. The number of aromatic hydroxyl groups is 3. The Morgan fingerprint density at radius 1 is 1.43 bits per heavy atom. The van der Waals surface area contributed by atoms with E-state index in [2.05, 4.69) is 22.5 Å². The summed E-state index contributed by atoms with van der Waals surface area (Å²) < 4.78 is 0. The van der Waals surface area contributed by atoms with Gasteiger partial charge < -0.3 is 20.2 Å². The number of hydrogen-bond donors (Lipinski definition) is 4. The van der Waals surface area contributed by atoms with Crippen molar-refractivity contribution in [2.75, 3.05) is 6.61 Å². The second-order valence-corrected chi connectivity index (χ2v) is 4.54. The number of benzene rings is 1. The molecule has 0 heterocycles. The molecule has 114 valence electrons. The van der Waals surface area contributed by atoms with Gasteiger partial charge in [0.15, 0.2) is 17.2 Å². The van der Waals surface area contributed by atoms with Crippen LogP contribution in [0.15, 0.2) is 27.7 Å². The van der Waals surface area contributed by atoms with Gasteiger partial charge in [0.25, 0.3) is 5.09 Å². The van der Waals surface area contributed by atoms with E-state index in [-0.39, 0.29) is 13.0 Å². The van der Waals surface area contributed by atoms with E-state index < -0.39 is 22.3 Å². The highest BCUT2D eigenvalue weighted by Crippen LogP contribution is 2.34. The summed E-state index contributed by atoms with van der Waals surface area (Å²) in [5, 5.41) is 37.0. The summed E-state index contributed by atoms with van der Waals surface area (Å²) in [7, 11) is 0. The Balaban J connectivity index is 2.76. The van der Waals surface area contributed by atoms with Crippen LogP contribution >= 0.6 is 12.6 Å². The molecular formula is C12H14N2O6S. The standard InChI is InChI=1S/C12H14N2O6S/c1-7(11(21)2-3-20-14(18)19)13-6-8-4-9(15)12(17)10(16)5-8/h4-6,15-17,21H,2-3H2,1H3/b11-7-,13-6?. The lowest BCUT2D eigenvalue weighted by atomic mass is 10.2. The van der Waals surface area contributed by atoms with Crippen LogP contribution in [0.2, 0.25) is 0 Å². The highest BCUT2D eigenvalue weighted by molar-refractivity contribution is 7.84. The smallest absolute Gasteiger partial charge is 0.294 e.